The van der Waals surface area contributed by atoms with E-state index < -0.39 is 17.5 Å². The van der Waals surface area contributed by atoms with Crippen LogP contribution in [0.4, 0.5) is 4.39 Å². The summed E-state index contributed by atoms with van der Waals surface area (Å²) >= 11 is 0. The Morgan fingerprint density at radius 1 is 1.44 bits per heavy atom. The van der Waals surface area contributed by atoms with Crippen molar-refractivity contribution in [3.8, 4) is 11.3 Å². The molecule has 0 atom stereocenters. The summed E-state index contributed by atoms with van der Waals surface area (Å²) in [6, 6.07) is 5.29. The van der Waals surface area contributed by atoms with Crippen LogP contribution in [0, 0.1) is 11.0 Å². The number of benzene rings is 1. The molecule has 0 bridgehead atoms. The predicted molar refractivity (Wildman–Crippen MR) is 59.4 cm³/mol. The second kappa shape index (κ2) is 4.48. The highest BCUT2D eigenvalue weighted by Crippen LogP contribution is 2.26. The molecule has 1 N–H and O–H groups in total. The van der Waals surface area contributed by atoms with Crippen molar-refractivity contribution in [3.63, 3.8) is 0 Å². The molecule has 0 unspecified atom stereocenters. The molecule has 0 spiro atoms. The Morgan fingerprint density at radius 2 is 2.06 bits per heavy atom. The average Bonchev–Trinajstić information content (AvgIpc) is 2.67. The Labute approximate surface area is 102 Å². The van der Waals surface area contributed by atoms with Crippen molar-refractivity contribution in [2.24, 2.45) is 0 Å². The minimum absolute atomic E-state index is 0.0279. The molecular formula is C12H10FNO4. The first-order valence-electron chi connectivity index (χ1n) is 5.29. The summed E-state index contributed by atoms with van der Waals surface area (Å²) in [4.78, 5) is 10.9. The first-order chi connectivity index (χ1) is 8.54. The van der Waals surface area contributed by atoms with Crippen molar-refractivity contribution in [1.29, 1.82) is 0 Å². The fourth-order valence-corrected chi connectivity index (χ4v) is 1.76. The fraction of sp³-hybridized carbons (Fsp3) is 0.167. The molecule has 0 aliphatic heterocycles. The molecule has 6 heteroatoms. The van der Waals surface area contributed by atoms with Gasteiger partial charge in [0.05, 0.1) is 16.2 Å². The minimum atomic E-state index is -1.35. The Morgan fingerprint density at radius 3 is 2.56 bits per heavy atom. The van der Waals surface area contributed by atoms with Gasteiger partial charge < -0.3 is 9.63 Å². The van der Waals surface area contributed by atoms with Crippen LogP contribution < -0.4 is 4.90 Å². The number of hydrogen-bond donors (Lipinski definition) is 1. The van der Waals surface area contributed by atoms with Gasteiger partial charge in [-0.15, -0.1) is 0 Å². The van der Waals surface area contributed by atoms with Crippen LogP contribution in [0.3, 0.4) is 0 Å². The lowest BCUT2D eigenvalue weighted by molar-refractivity contribution is -0.792. The van der Waals surface area contributed by atoms with E-state index in [1.54, 1.807) is 6.92 Å². The monoisotopic (exact) mass is 251 g/mol. The van der Waals surface area contributed by atoms with E-state index in [0.717, 1.165) is 0 Å². The molecule has 1 aromatic carbocycles. The van der Waals surface area contributed by atoms with E-state index >= 15 is 0 Å². The molecule has 1 aromatic heterocycles. The highest BCUT2D eigenvalue weighted by atomic mass is 19.1. The lowest BCUT2D eigenvalue weighted by Crippen LogP contribution is -2.31. The summed E-state index contributed by atoms with van der Waals surface area (Å²) in [6.07, 6.45) is 0.326. The van der Waals surface area contributed by atoms with Crippen molar-refractivity contribution >= 4 is 5.97 Å². The SMILES string of the molecule is CCc1c(-c2ccc(F)cc2)o[n+]([O-])c1C(=O)O. The molecule has 0 saturated carbocycles. The number of hydrogen-bond acceptors (Lipinski definition) is 3. The van der Waals surface area contributed by atoms with Gasteiger partial charge in [0.25, 0.3) is 0 Å². The summed E-state index contributed by atoms with van der Waals surface area (Å²) in [5.74, 6) is -1.61. The molecule has 2 rings (SSSR count). The number of halogens is 1. The Bertz CT molecular complexity index is 589. The molecule has 0 fully saturated rings. The van der Waals surface area contributed by atoms with Gasteiger partial charge in [0, 0.05) is 0 Å². The highest BCUT2D eigenvalue weighted by molar-refractivity contribution is 5.87. The van der Waals surface area contributed by atoms with Gasteiger partial charge in [-0.05, 0) is 24.1 Å². The molecule has 0 aliphatic rings. The molecule has 2 aromatic rings. The summed E-state index contributed by atoms with van der Waals surface area (Å²) in [5.41, 5.74) is 0.325. The van der Waals surface area contributed by atoms with Gasteiger partial charge in [-0.3, -0.25) is 5.21 Å². The zero-order chi connectivity index (χ0) is 13.3. The average molecular weight is 251 g/mol. The standard InChI is InChI=1S/C12H10FNO4/c1-2-9-10(12(15)16)14(17)18-11(9)7-3-5-8(13)6-4-7/h3-6H,2H2,1H3,(H,15,16). The molecular weight excluding hydrogens is 241 g/mol. The van der Waals surface area contributed by atoms with Gasteiger partial charge in [-0.1, -0.05) is 19.1 Å². The maximum absolute atomic E-state index is 12.8. The fourth-order valence-electron chi connectivity index (χ4n) is 1.76. The molecule has 94 valence electrons. The van der Waals surface area contributed by atoms with Crippen molar-refractivity contribution in [3.05, 3.63) is 46.5 Å². The number of aromatic carboxylic acids is 1. The van der Waals surface area contributed by atoms with E-state index in [1.807, 2.05) is 0 Å². The van der Waals surface area contributed by atoms with Crippen molar-refractivity contribution < 1.29 is 23.7 Å². The third-order valence-corrected chi connectivity index (χ3v) is 2.58. The number of rotatable bonds is 3. The molecule has 0 amide bonds. The first kappa shape index (κ1) is 12.1. The number of carboxylic acids is 1. The van der Waals surface area contributed by atoms with Gasteiger partial charge in [0.15, 0.2) is 0 Å². The molecule has 0 saturated heterocycles. The maximum Gasteiger partial charge on any atom is 0.407 e. The Balaban J connectivity index is 2.61. The van der Waals surface area contributed by atoms with Crippen LogP contribution >= 0.6 is 0 Å². The number of carboxylic acid groups (broad SMARTS) is 1. The normalized spacial score (nSPS) is 10.6. The molecule has 0 aliphatic carbocycles. The largest absolute Gasteiger partial charge is 0.473 e. The van der Waals surface area contributed by atoms with Gasteiger partial charge in [0.2, 0.25) is 0 Å². The summed E-state index contributed by atoms with van der Waals surface area (Å²) in [6.45, 7) is 1.71. The van der Waals surface area contributed by atoms with Crippen molar-refractivity contribution in [1.82, 2.24) is 0 Å². The number of carbonyl (C=O) groups is 1. The van der Waals surface area contributed by atoms with E-state index in [0.29, 0.717) is 17.5 Å². The van der Waals surface area contributed by atoms with Crippen LogP contribution in [-0.4, -0.2) is 11.1 Å². The van der Waals surface area contributed by atoms with Crippen LogP contribution in [-0.2, 0) is 6.42 Å². The van der Waals surface area contributed by atoms with E-state index in [-0.39, 0.29) is 10.7 Å². The first-order valence-corrected chi connectivity index (χ1v) is 5.29. The smallest absolute Gasteiger partial charge is 0.407 e. The summed E-state index contributed by atoms with van der Waals surface area (Å²) < 4.78 is 17.7. The number of aromatic nitrogens is 1. The quantitative estimate of drug-likeness (QED) is 0.846. The van der Waals surface area contributed by atoms with Gasteiger partial charge in [-0.2, -0.15) is 0 Å². The zero-order valence-corrected chi connectivity index (χ0v) is 9.51. The van der Waals surface area contributed by atoms with Crippen molar-refractivity contribution in [2.75, 3.05) is 0 Å². The maximum atomic E-state index is 12.8. The highest BCUT2D eigenvalue weighted by Gasteiger charge is 2.28. The molecule has 1 heterocycles. The van der Waals surface area contributed by atoms with Crippen LogP contribution in [0.1, 0.15) is 23.0 Å². The Kier molecular flexibility index (Phi) is 3.01. The van der Waals surface area contributed by atoms with E-state index in [9.17, 15) is 14.4 Å². The predicted octanol–water partition coefficient (Wildman–Crippen LogP) is 1.98. The zero-order valence-electron chi connectivity index (χ0n) is 9.51. The van der Waals surface area contributed by atoms with Crippen LogP contribution in [0.5, 0.6) is 0 Å². The molecule has 0 radical (unpaired) electrons. The van der Waals surface area contributed by atoms with Gasteiger partial charge in [-0.25, -0.2) is 9.18 Å². The third-order valence-electron chi connectivity index (χ3n) is 2.58. The lowest BCUT2D eigenvalue weighted by Gasteiger charge is -2.00. The summed E-state index contributed by atoms with van der Waals surface area (Å²) in [5, 5.41) is 20.3. The topological polar surface area (TPSA) is 77.4 Å². The molecule has 5 nitrogen and oxygen atoms in total. The van der Waals surface area contributed by atoms with Crippen molar-refractivity contribution in [2.45, 2.75) is 13.3 Å². The van der Waals surface area contributed by atoms with Crippen LogP contribution in [0.2, 0.25) is 0 Å². The Hall–Kier alpha value is -2.37. The van der Waals surface area contributed by atoms with Gasteiger partial charge >= 0.3 is 11.7 Å². The second-order valence-electron chi connectivity index (χ2n) is 3.67. The van der Waals surface area contributed by atoms with E-state index in [2.05, 4.69) is 0 Å². The summed E-state index contributed by atoms with van der Waals surface area (Å²) in [7, 11) is 0. The number of nitrogens with zero attached hydrogens (tertiary/aromatic N) is 1. The second-order valence-corrected chi connectivity index (χ2v) is 3.67. The molecule has 18 heavy (non-hydrogen) atoms. The van der Waals surface area contributed by atoms with E-state index in [1.165, 1.54) is 24.3 Å². The van der Waals surface area contributed by atoms with Crippen LogP contribution in [0.25, 0.3) is 11.3 Å². The van der Waals surface area contributed by atoms with Gasteiger partial charge in [0.1, 0.15) is 5.82 Å². The lowest BCUT2D eigenvalue weighted by atomic mass is 10.0. The third kappa shape index (κ3) is 1.92. The van der Waals surface area contributed by atoms with E-state index in [4.69, 9.17) is 9.63 Å². The van der Waals surface area contributed by atoms with Crippen LogP contribution in [0.15, 0.2) is 28.8 Å². The minimum Gasteiger partial charge on any atom is -0.473 e.